The number of carbonyl (C=O) groups excluding carboxylic acids is 4. The van der Waals surface area contributed by atoms with E-state index in [1.807, 2.05) is 25.1 Å². The highest BCUT2D eigenvalue weighted by molar-refractivity contribution is 5.94. The van der Waals surface area contributed by atoms with E-state index in [1.54, 1.807) is 41.3 Å². The second kappa shape index (κ2) is 18.4. The zero-order valence-electron chi connectivity index (χ0n) is 23.5. The number of ether oxygens (including phenoxy) is 1. The maximum absolute atomic E-state index is 12.7. The van der Waals surface area contributed by atoms with Gasteiger partial charge in [-0.15, -0.1) is 0 Å². The fourth-order valence-electron chi connectivity index (χ4n) is 3.85. The summed E-state index contributed by atoms with van der Waals surface area (Å²) in [4.78, 5) is 50.1. The van der Waals surface area contributed by atoms with Gasteiger partial charge >= 0.3 is 0 Å². The number of nitrogens with zero attached hydrogens (tertiary/aromatic N) is 1. The van der Waals surface area contributed by atoms with Crippen LogP contribution in [0.3, 0.4) is 0 Å². The highest BCUT2D eigenvalue weighted by atomic mass is 16.6. The smallest absolute Gasteiger partial charge is 0.251 e. The maximum Gasteiger partial charge on any atom is 0.251 e. The zero-order chi connectivity index (χ0) is 29.2. The van der Waals surface area contributed by atoms with Crippen LogP contribution in [0.2, 0.25) is 0 Å². The molecule has 0 bridgehead atoms. The Kier molecular flexibility index (Phi) is 14.8. The maximum atomic E-state index is 12.7. The van der Waals surface area contributed by atoms with Gasteiger partial charge < -0.3 is 30.7 Å². The van der Waals surface area contributed by atoms with Crippen molar-refractivity contribution < 1.29 is 29.0 Å². The molecule has 0 aliphatic rings. The lowest BCUT2D eigenvalue weighted by molar-refractivity contribution is -0.131. The average Bonchev–Trinajstić information content (AvgIpc) is 2.95. The van der Waals surface area contributed by atoms with Gasteiger partial charge in [0.15, 0.2) is 0 Å². The Morgan fingerprint density at radius 1 is 0.875 bits per heavy atom. The molecule has 2 rings (SSSR count). The average molecular weight is 555 g/mol. The van der Waals surface area contributed by atoms with E-state index < -0.39 is 6.29 Å². The van der Waals surface area contributed by atoms with E-state index >= 15 is 0 Å². The van der Waals surface area contributed by atoms with Crippen LogP contribution >= 0.6 is 0 Å². The lowest BCUT2D eigenvalue weighted by atomic mass is 10.2. The van der Waals surface area contributed by atoms with Crippen LogP contribution in [0, 0.1) is 0 Å². The molecule has 2 aromatic rings. The molecule has 0 radical (unpaired) electrons. The molecule has 0 spiro atoms. The molecule has 0 saturated heterocycles. The molecule has 2 aromatic carbocycles. The Hall–Kier alpha value is -3.92. The van der Waals surface area contributed by atoms with Crippen LogP contribution in [-0.2, 0) is 14.4 Å². The molecule has 1 unspecified atom stereocenters. The Morgan fingerprint density at radius 3 is 2.27 bits per heavy atom. The van der Waals surface area contributed by atoms with Crippen molar-refractivity contribution in [3.63, 3.8) is 0 Å². The molecular formula is C30H42N4O6. The zero-order valence-corrected chi connectivity index (χ0v) is 23.5. The summed E-state index contributed by atoms with van der Waals surface area (Å²) in [5.74, 6) is -0.133. The summed E-state index contributed by atoms with van der Waals surface area (Å²) in [6, 6.07) is 15.6. The van der Waals surface area contributed by atoms with Crippen molar-refractivity contribution in [1.82, 2.24) is 15.5 Å². The molecule has 0 saturated carbocycles. The van der Waals surface area contributed by atoms with E-state index in [2.05, 4.69) is 16.0 Å². The van der Waals surface area contributed by atoms with Gasteiger partial charge in [0.05, 0.1) is 6.54 Å². The predicted molar refractivity (Wildman–Crippen MR) is 154 cm³/mol. The van der Waals surface area contributed by atoms with Crippen molar-refractivity contribution in [3.05, 3.63) is 60.2 Å². The van der Waals surface area contributed by atoms with Crippen molar-refractivity contribution >= 4 is 29.3 Å². The molecule has 0 aliphatic heterocycles. The van der Waals surface area contributed by atoms with Gasteiger partial charge in [0, 0.05) is 50.7 Å². The first-order chi connectivity index (χ1) is 19.3. The summed E-state index contributed by atoms with van der Waals surface area (Å²) < 4.78 is 5.32. The first-order valence-electron chi connectivity index (χ1n) is 13.9. The quantitative estimate of drug-likeness (QED) is 0.165. The molecule has 10 nitrogen and oxygen atoms in total. The van der Waals surface area contributed by atoms with Crippen molar-refractivity contribution in [2.45, 2.75) is 65.1 Å². The number of nitrogens with one attached hydrogen (secondary N) is 3. The van der Waals surface area contributed by atoms with Gasteiger partial charge in [0.2, 0.25) is 24.0 Å². The summed E-state index contributed by atoms with van der Waals surface area (Å²) in [6.07, 6.45) is 3.61. The number of amides is 4. The van der Waals surface area contributed by atoms with Crippen molar-refractivity contribution in [2.24, 2.45) is 0 Å². The van der Waals surface area contributed by atoms with E-state index in [0.29, 0.717) is 43.1 Å². The second-order valence-electron chi connectivity index (χ2n) is 9.50. The fraction of sp³-hybridized carbons (Fsp3) is 0.467. The van der Waals surface area contributed by atoms with E-state index in [0.717, 1.165) is 32.1 Å². The Labute approximate surface area is 236 Å². The van der Waals surface area contributed by atoms with Gasteiger partial charge in [-0.05, 0) is 62.1 Å². The molecule has 218 valence electrons. The van der Waals surface area contributed by atoms with Crippen LogP contribution < -0.4 is 20.7 Å². The Morgan fingerprint density at radius 2 is 1.60 bits per heavy atom. The first-order valence-corrected chi connectivity index (χ1v) is 13.9. The molecule has 0 aromatic heterocycles. The predicted octanol–water partition coefficient (Wildman–Crippen LogP) is 3.47. The SMILES string of the molecule is CCCCC(=O)N(CCCCCNC(=O)c1ccccc1)CCC(=O)Nc1ccc(OC(O)CNC(C)=O)cc1. The number of carbonyl (C=O) groups is 4. The van der Waals surface area contributed by atoms with E-state index in [-0.39, 0.29) is 36.6 Å². The van der Waals surface area contributed by atoms with Gasteiger partial charge in [-0.1, -0.05) is 31.5 Å². The Bertz CT molecular complexity index is 1060. The van der Waals surface area contributed by atoms with Crippen LogP contribution in [0.5, 0.6) is 5.75 Å². The highest BCUT2D eigenvalue weighted by Gasteiger charge is 2.15. The van der Waals surface area contributed by atoms with Crippen molar-refractivity contribution in [3.8, 4) is 5.75 Å². The molecule has 4 N–H and O–H groups in total. The number of aliphatic hydroxyl groups is 1. The van der Waals surface area contributed by atoms with E-state index in [4.69, 9.17) is 4.74 Å². The Balaban J connectivity index is 1.74. The number of unbranched alkanes of at least 4 members (excludes halogenated alkanes) is 3. The van der Waals surface area contributed by atoms with Crippen LogP contribution in [0.4, 0.5) is 5.69 Å². The highest BCUT2D eigenvalue weighted by Crippen LogP contribution is 2.17. The third-order valence-electron chi connectivity index (χ3n) is 6.07. The minimum absolute atomic E-state index is 0.0356. The van der Waals surface area contributed by atoms with Gasteiger partial charge in [0.1, 0.15) is 5.75 Å². The third-order valence-corrected chi connectivity index (χ3v) is 6.07. The molecule has 40 heavy (non-hydrogen) atoms. The lowest BCUT2D eigenvalue weighted by Crippen LogP contribution is -2.34. The summed E-state index contributed by atoms with van der Waals surface area (Å²) in [6.45, 7) is 4.81. The fourth-order valence-corrected chi connectivity index (χ4v) is 3.85. The van der Waals surface area contributed by atoms with Gasteiger partial charge in [-0.2, -0.15) is 0 Å². The molecule has 10 heteroatoms. The normalized spacial score (nSPS) is 11.3. The first kappa shape index (κ1) is 32.3. The topological polar surface area (TPSA) is 137 Å². The molecule has 0 heterocycles. The van der Waals surface area contributed by atoms with Crippen molar-refractivity contribution in [1.29, 1.82) is 0 Å². The number of benzene rings is 2. The van der Waals surface area contributed by atoms with Crippen LogP contribution in [-0.4, -0.2) is 66.1 Å². The minimum atomic E-state index is -1.19. The monoisotopic (exact) mass is 554 g/mol. The summed E-state index contributed by atoms with van der Waals surface area (Å²) in [5.41, 5.74) is 1.20. The number of rotatable bonds is 18. The van der Waals surface area contributed by atoms with Crippen molar-refractivity contribution in [2.75, 3.05) is 31.5 Å². The summed E-state index contributed by atoms with van der Waals surface area (Å²) >= 11 is 0. The third kappa shape index (κ3) is 13.2. The van der Waals surface area contributed by atoms with E-state index in [9.17, 15) is 24.3 Å². The summed E-state index contributed by atoms with van der Waals surface area (Å²) in [7, 11) is 0. The molecule has 4 amide bonds. The molecular weight excluding hydrogens is 512 g/mol. The second-order valence-corrected chi connectivity index (χ2v) is 9.50. The molecule has 1 atom stereocenters. The number of hydrogen-bond acceptors (Lipinski definition) is 6. The van der Waals surface area contributed by atoms with E-state index in [1.165, 1.54) is 6.92 Å². The van der Waals surface area contributed by atoms with Gasteiger partial charge in [-0.3, -0.25) is 19.2 Å². The van der Waals surface area contributed by atoms with Crippen LogP contribution in [0.15, 0.2) is 54.6 Å². The van der Waals surface area contributed by atoms with Crippen LogP contribution in [0.25, 0.3) is 0 Å². The lowest BCUT2D eigenvalue weighted by Gasteiger charge is -2.23. The largest absolute Gasteiger partial charge is 0.463 e. The number of hydrogen-bond donors (Lipinski definition) is 4. The van der Waals surface area contributed by atoms with Gasteiger partial charge in [-0.25, -0.2) is 0 Å². The van der Waals surface area contributed by atoms with Gasteiger partial charge in [0.25, 0.3) is 5.91 Å². The molecule has 0 aliphatic carbocycles. The number of anilines is 1. The minimum Gasteiger partial charge on any atom is -0.463 e. The summed E-state index contributed by atoms with van der Waals surface area (Å²) in [5, 5.41) is 18.0. The standard InChI is InChI=1S/C30H42N4O6/c1-3-4-13-28(37)34(20-10-6-9-19-31-30(39)24-11-7-5-8-12-24)21-18-27(36)33-25-14-16-26(17-15-25)40-29(38)22-32-23(2)35/h5,7-8,11-12,14-17,29,38H,3-4,6,9-10,13,18-22H2,1-2H3,(H,31,39)(H,32,35)(H,33,36). The number of aliphatic hydroxyl groups excluding tert-OH is 1. The molecule has 0 fully saturated rings. The van der Waals surface area contributed by atoms with Crippen LogP contribution in [0.1, 0.15) is 69.2 Å².